The maximum absolute atomic E-state index is 13.2. The van der Waals surface area contributed by atoms with Crippen LogP contribution in [0.2, 0.25) is 0 Å². The molecular formula is C11H12F3NO2. The molecule has 1 N–H and O–H groups in total. The van der Waals surface area contributed by atoms with Crippen molar-refractivity contribution in [1.29, 1.82) is 0 Å². The fourth-order valence-corrected chi connectivity index (χ4v) is 1.28. The molecule has 0 heterocycles. The molecule has 1 aromatic rings. The molecule has 0 saturated heterocycles. The predicted octanol–water partition coefficient (Wildman–Crippen LogP) is 2.47. The van der Waals surface area contributed by atoms with Crippen LogP contribution in [0.5, 0.6) is 0 Å². The Morgan fingerprint density at radius 1 is 1.29 bits per heavy atom. The summed E-state index contributed by atoms with van der Waals surface area (Å²) in [7, 11) is 1.23. The second-order valence-corrected chi connectivity index (χ2v) is 3.57. The maximum atomic E-state index is 13.2. The Bertz CT molecular complexity index is 423. The van der Waals surface area contributed by atoms with Crippen molar-refractivity contribution in [2.45, 2.75) is 19.4 Å². The summed E-state index contributed by atoms with van der Waals surface area (Å²) in [5, 5.41) is 2.56. The topological polar surface area (TPSA) is 38.3 Å². The van der Waals surface area contributed by atoms with Crippen molar-refractivity contribution in [1.82, 2.24) is 0 Å². The van der Waals surface area contributed by atoms with Gasteiger partial charge in [0, 0.05) is 18.2 Å². The summed E-state index contributed by atoms with van der Waals surface area (Å²) in [6.45, 7) is 1.59. The lowest BCUT2D eigenvalue weighted by atomic mass is 10.2. The molecule has 0 aromatic heterocycles. The molecular weight excluding hydrogens is 235 g/mol. The van der Waals surface area contributed by atoms with E-state index in [1.807, 2.05) is 0 Å². The first-order valence-electron chi connectivity index (χ1n) is 4.92. The lowest BCUT2D eigenvalue weighted by Crippen LogP contribution is -2.21. The first-order valence-corrected chi connectivity index (χ1v) is 4.92. The van der Waals surface area contributed by atoms with E-state index in [0.717, 1.165) is 0 Å². The highest BCUT2D eigenvalue weighted by Gasteiger charge is 2.14. The molecule has 3 nitrogen and oxygen atoms in total. The Hall–Kier alpha value is -1.72. The minimum atomic E-state index is -1.26. The number of nitrogens with one attached hydrogen (secondary N) is 1. The number of hydrogen-bond donors (Lipinski definition) is 1. The molecule has 1 rings (SSSR count). The Balaban J connectivity index is 2.74. The van der Waals surface area contributed by atoms with Gasteiger partial charge in [0.1, 0.15) is 5.82 Å². The van der Waals surface area contributed by atoms with E-state index in [9.17, 15) is 18.0 Å². The molecule has 0 amide bonds. The van der Waals surface area contributed by atoms with Crippen molar-refractivity contribution in [2.24, 2.45) is 0 Å². The lowest BCUT2D eigenvalue weighted by molar-refractivity contribution is -0.140. The van der Waals surface area contributed by atoms with E-state index in [1.165, 1.54) is 7.11 Å². The third kappa shape index (κ3) is 3.65. The van der Waals surface area contributed by atoms with Crippen molar-refractivity contribution in [3.63, 3.8) is 0 Å². The van der Waals surface area contributed by atoms with Crippen molar-refractivity contribution in [2.75, 3.05) is 12.4 Å². The number of carbonyl (C=O) groups excluding carboxylic acids is 1. The number of carbonyl (C=O) groups is 1. The number of methoxy groups -OCH3 is 1. The molecule has 17 heavy (non-hydrogen) atoms. The fraction of sp³-hybridized carbons (Fsp3) is 0.364. The molecule has 0 aliphatic heterocycles. The largest absolute Gasteiger partial charge is 0.469 e. The number of hydrogen-bond acceptors (Lipinski definition) is 3. The van der Waals surface area contributed by atoms with E-state index >= 15 is 0 Å². The molecule has 0 saturated carbocycles. The average Bonchev–Trinajstić information content (AvgIpc) is 2.25. The summed E-state index contributed by atoms with van der Waals surface area (Å²) in [5.41, 5.74) is -0.194. The zero-order valence-corrected chi connectivity index (χ0v) is 9.39. The van der Waals surface area contributed by atoms with Gasteiger partial charge in [0.25, 0.3) is 0 Å². The van der Waals surface area contributed by atoms with Gasteiger partial charge in [-0.1, -0.05) is 0 Å². The van der Waals surface area contributed by atoms with Gasteiger partial charge >= 0.3 is 5.97 Å². The van der Waals surface area contributed by atoms with E-state index in [2.05, 4.69) is 10.1 Å². The zero-order chi connectivity index (χ0) is 13.0. The molecule has 0 fully saturated rings. The normalized spacial score (nSPS) is 12.1. The second-order valence-electron chi connectivity index (χ2n) is 3.57. The highest BCUT2D eigenvalue weighted by Crippen LogP contribution is 2.19. The van der Waals surface area contributed by atoms with Gasteiger partial charge in [-0.05, 0) is 6.92 Å². The molecule has 0 radical (unpaired) electrons. The standard InChI is InChI=1S/C11H12F3NO2/c1-6(3-11(16)17-2)15-10-5-8(13)7(12)4-9(10)14/h4-6,15H,3H2,1-2H3. The van der Waals surface area contributed by atoms with Gasteiger partial charge in [0.2, 0.25) is 0 Å². The summed E-state index contributed by atoms with van der Waals surface area (Å²) in [5.74, 6) is -3.80. The number of ether oxygens (including phenoxy) is 1. The predicted molar refractivity (Wildman–Crippen MR) is 56.0 cm³/mol. The Labute approximate surface area is 96.6 Å². The molecule has 0 aliphatic carbocycles. The van der Waals surface area contributed by atoms with E-state index < -0.39 is 29.5 Å². The van der Waals surface area contributed by atoms with Gasteiger partial charge in [-0.25, -0.2) is 13.2 Å². The minimum Gasteiger partial charge on any atom is -0.469 e. The first kappa shape index (κ1) is 13.3. The SMILES string of the molecule is COC(=O)CC(C)Nc1cc(F)c(F)cc1F. The van der Waals surface area contributed by atoms with Crippen molar-refractivity contribution in [3.05, 3.63) is 29.6 Å². The third-order valence-corrected chi connectivity index (χ3v) is 2.11. The minimum absolute atomic E-state index is 0.00502. The number of benzene rings is 1. The molecule has 0 bridgehead atoms. The van der Waals surface area contributed by atoms with E-state index in [0.29, 0.717) is 12.1 Å². The van der Waals surface area contributed by atoms with Crippen molar-refractivity contribution in [3.8, 4) is 0 Å². The van der Waals surface area contributed by atoms with Crippen LogP contribution < -0.4 is 5.32 Å². The van der Waals surface area contributed by atoms with Crippen LogP contribution in [-0.2, 0) is 9.53 Å². The van der Waals surface area contributed by atoms with Crippen LogP contribution in [-0.4, -0.2) is 19.1 Å². The highest BCUT2D eigenvalue weighted by molar-refractivity contribution is 5.70. The molecule has 1 unspecified atom stereocenters. The van der Waals surface area contributed by atoms with Crippen LogP contribution in [0.15, 0.2) is 12.1 Å². The molecule has 0 spiro atoms. The first-order chi connectivity index (χ1) is 7.93. The third-order valence-electron chi connectivity index (χ3n) is 2.11. The Morgan fingerprint density at radius 2 is 1.88 bits per heavy atom. The number of halogens is 3. The lowest BCUT2D eigenvalue weighted by Gasteiger charge is -2.14. The summed E-state index contributed by atoms with van der Waals surface area (Å²) in [6, 6.07) is 0.697. The average molecular weight is 247 g/mol. The summed E-state index contributed by atoms with van der Waals surface area (Å²) >= 11 is 0. The summed E-state index contributed by atoms with van der Waals surface area (Å²) in [6.07, 6.45) is -0.00502. The molecule has 1 atom stereocenters. The Morgan fingerprint density at radius 3 is 2.47 bits per heavy atom. The van der Waals surface area contributed by atoms with Crippen molar-refractivity contribution >= 4 is 11.7 Å². The molecule has 1 aromatic carbocycles. The smallest absolute Gasteiger partial charge is 0.307 e. The zero-order valence-electron chi connectivity index (χ0n) is 9.39. The monoisotopic (exact) mass is 247 g/mol. The molecule has 6 heteroatoms. The van der Waals surface area contributed by atoms with E-state index in [4.69, 9.17) is 0 Å². The quantitative estimate of drug-likeness (QED) is 0.656. The van der Waals surface area contributed by atoms with Crippen LogP contribution >= 0.6 is 0 Å². The van der Waals surface area contributed by atoms with Crippen LogP contribution in [0.25, 0.3) is 0 Å². The summed E-state index contributed by atoms with van der Waals surface area (Å²) in [4.78, 5) is 10.9. The van der Waals surface area contributed by atoms with Crippen LogP contribution in [0.4, 0.5) is 18.9 Å². The number of anilines is 1. The van der Waals surface area contributed by atoms with Gasteiger partial charge in [-0.2, -0.15) is 0 Å². The summed E-state index contributed by atoms with van der Waals surface area (Å²) < 4.78 is 43.2. The van der Waals surface area contributed by atoms with Crippen LogP contribution in [0, 0.1) is 17.5 Å². The molecule has 0 aliphatic rings. The van der Waals surface area contributed by atoms with Crippen molar-refractivity contribution < 1.29 is 22.7 Å². The molecule has 94 valence electrons. The van der Waals surface area contributed by atoms with E-state index in [1.54, 1.807) is 6.92 Å². The van der Waals surface area contributed by atoms with Gasteiger partial charge in [0.05, 0.1) is 19.2 Å². The van der Waals surface area contributed by atoms with Crippen LogP contribution in [0.1, 0.15) is 13.3 Å². The van der Waals surface area contributed by atoms with Gasteiger partial charge in [0.15, 0.2) is 11.6 Å². The van der Waals surface area contributed by atoms with E-state index in [-0.39, 0.29) is 12.1 Å². The Kier molecular flexibility index (Phi) is 4.37. The second kappa shape index (κ2) is 5.56. The fourth-order valence-electron chi connectivity index (χ4n) is 1.28. The maximum Gasteiger partial charge on any atom is 0.307 e. The number of rotatable bonds is 4. The number of esters is 1. The van der Waals surface area contributed by atoms with Gasteiger partial charge in [-0.3, -0.25) is 4.79 Å². The van der Waals surface area contributed by atoms with Gasteiger partial charge in [-0.15, -0.1) is 0 Å². The highest BCUT2D eigenvalue weighted by atomic mass is 19.2. The van der Waals surface area contributed by atoms with Gasteiger partial charge < -0.3 is 10.1 Å². The van der Waals surface area contributed by atoms with Crippen LogP contribution in [0.3, 0.4) is 0 Å².